The van der Waals surface area contributed by atoms with E-state index in [4.69, 9.17) is 0 Å². The van der Waals surface area contributed by atoms with Gasteiger partial charge in [0.2, 0.25) is 11.8 Å². The van der Waals surface area contributed by atoms with Crippen LogP contribution in [0, 0.1) is 0 Å². The van der Waals surface area contributed by atoms with E-state index in [1.165, 1.54) is 21.4 Å². The number of fused-ring (bicyclic) bond motifs is 1. The second-order valence-electron chi connectivity index (χ2n) is 13.2. The molecule has 3 aromatic rings. The Morgan fingerprint density at radius 2 is 1.72 bits per heavy atom. The molecule has 4 aliphatic heterocycles. The van der Waals surface area contributed by atoms with Crippen LogP contribution in [-0.4, -0.2) is 87.5 Å². The molecule has 2 N–H and O–H groups in total. The minimum absolute atomic E-state index is 0.130. The van der Waals surface area contributed by atoms with Crippen LogP contribution in [0.3, 0.4) is 0 Å². The van der Waals surface area contributed by atoms with Gasteiger partial charge in [-0.15, -0.1) is 0 Å². The highest BCUT2D eigenvalue weighted by Gasteiger charge is 2.40. The number of hydrogen-bond donors (Lipinski definition) is 2. The molecule has 3 fully saturated rings. The van der Waals surface area contributed by atoms with Crippen LogP contribution in [0.15, 0.2) is 57.9 Å². The minimum Gasteiger partial charge on any atom is -0.379 e. The van der Waals surface area contributed by atoms with Crippen LogP contribution in [0.25, 0.3) is 0 Å². The molecule has 0 radical (unpaired) electrons. The summed E-state index contributed by atoms with van der Waals surface area (Å²) in [5.41, 5.74) is 6.03. The Morgan fingerprint density at radius 1 is 0.957 bits per heavy atom. The van der Waals surface area contributed by atoms with Crippen LogP contribution in [0.1, 0.15) is 63.7 Å². The molecular formula is C34H38BrN7O4. The van der Waals surface area contributed by atoms with Crippen molar-refractivity contribution in [1.82, 2.24) is 29.8 Å². The lowest BCUT2D eigenvalue weighted by Crippen LogP contribution is -2.52. The van der Waals surface area contributed by atoms with Crippen molar-refractivity contribution in [1.29, 1.82) is 0 Å². The van der Waals surface area contributed by atoms with Gasteiger partial charge in [-0.1, -0.05) is 36.4 Å². The summed E-state index contributed by atoms with van der Waals surface area (Å²) < 4.78 is 1.83. The Morgan fingerprint density at radius 3 is 2.48 bits per heavy atom. The predicted molar refractivity (Wildman–Crippen MR) is 176 cm³/mol. The van der Waals surface area contributed by atoms with E-state index in [9.17, 15) is 19.2 Å². The lowest BCUT2D eigenvalue weighted by atomic mass is 9.87. The number of likely N-dealkylation sites (N-methyl/N-ethyl adjacent to an activating group) is 1. The smallest absolute Gasteiger partial charge is 0.282 e. The lowest BCUT2D eigenvalue weighted by Gasteiger charge is -2.40. The highest BCUT2D eigenvalue weighted by atomic mass is 79.9. The van der Waals surface area contributed by atoms with Crippen molar-refractivity contribution in [3.8, 4) is 0 Å². The van der Waals surface area contributed by atoms with Crippen LogP contribution in [0.4, 0.5) is 5.69 Å². The van der Waals surface area contributed by atoms with Gasteiger partial charge in [0.05, 0.1) is 11.9 Å². The topological polar surface area (TPSA) is 120 Å². The van der Waals surface area contributed by atoms with Gasteiger partial charge in [0.15, 0.2) is 0 Å². The van der Waals surface area contributed by atoms with Crippen LogP contribution in [-0.2, 0) is 29.7 Å². The zero-order valence-electron chi connectivity index (χ0n) is 26.0. The Hall–Kier alpha value is -3.87. The van der Waals surface area contributed by atoms with E-state index in [1.54, 1.807) is 18.1 Å². The number of likely N-dealkylation sites (tertiary alicyclic amines) is 2. The first-order valence-electron chi connectivity index (χ1n) is 15.9. The Bertz CT molecular complexity index is 1750. The molecule has 240 valence electrons. The zero-order valence-corrected chi connectivity index (χ0v) is 27.6. The third-order valence-corrected chi connectivity index (χ3v) is 10.7. The molecule has 0 spiro atoms. The average Bonchev–Trinajstić information content (AvgIpc) is 3.34. The van der Waals surface area contributed by atoms with Crippen molar-refractivity contribution < 1.29 is 14.4 Å². The Balaban J connectivity index is 0.929. The number of piperidine rings is 2. The lowest BCUT2D eigenvalue weighted by molar-refractivity contribution is -0.136. The van der Waals surface area contributed by atoms with Crippen molar-refractivity contribution >= 4 is 39.3 Å². The fraction of sp³-hybridized carbons (Fsp3) is 0.441. The Labute approximate surface area is 276 Å². The van der Waals surface area contributed by atoms with Gasteiger partial charge in [0.1, 0.15) is 10.5 Å². The minimum atomic E-state index is -0.588. The van der Waals surface area contributed by atoms with E-state index < -0.39 is 6.04 Å². The number of imide groups is 1. The maximum Gasteiger partial charge on any atom is 0.282 e. The molecule has 7 rings (SSSR count). The zero-order chi connectivity index (χ0) is 32.1. The summed E-state index contributed by atoms with van der Waals surface area (Å²) in [5, 5.41) is 10.1. The standard InChI is InChI=1S/C34H38BrN7O4/c1-39-15-23(12-26(19-39)37-28-13-36-40(2)34(46)31(28)35)21-5-3-20(4-6-21)14-41-16-25(17-41)22-7-8-27-24(11-22)18-42(33(27)45)29-9-10-30(43)38-32(29)44/h3-8,11,13,23,25-26,29,37H,9-10,12,14-19H2,1-2H3,(H,38,43,44)/t23-,26+,29?/m0/s1. The monoisotopic (exact) mass is 687 g/mol. The second-order valence-corrected chi connectivity index (χ2v) is 14.0. The number of nitrogens with one attached hydrogen (secondary N) is 2. The van der Waals surface area contributed by atoms with E-state index in [1.807, 2.05) is 6.07 Å². The maximum atomic E-state index is 13.0. The molecule has 5 heterocycles. The van der Waals surface area contributed by atoms with Crippen molar-refractivity contribution in [2.24, 2.45) is 7.05 Å². The molecule has 0 saturated carbocycles. The molecular weight excluding hydrogens is 650 g/mol. The molecule has 0 aliphatic carbocycles. The van der Waals surface area contributed by atoms with Crippen LogP contribution >= 0.6 is 15.9 Å². The molecule has 4 aliphatic rings. The highest BCUT2D eigenvalue weighted by molar-refractivity contribution is 9.10. The fourth-order valence-electron chi connectivity index (χ4n) is 7.41. The average molecular weight is 689 g/mol. The molecule has 3 saturated heterocycles. The first kappa shape index (κ1) is 30.8. The Kier molecular flexibility index (Phi) is 8.28. The summed E-state index contributed by atoms with van der Waals surface area (Å²) in [6.07, 6.45) is 3.30. The van der Waals surface area contributed by atoms with Crippen LogP contribution in [0.5, 0.6) is 0 Å². The largest absolute Gasteiger partial charge is 0.379 e. The van der Waals surface area contributed by atoms with Gasteiger partial charge >= 0.3 is 0 Å². The van der Waals surface area contributed by atoms with Crippen molar-refractivity contribution in [2.75, 3.05) is 38.5 Å². The third kappa shape index (κ3) is 6.01. The van der Waals surface area contributed by atoms with Crippen LogP contribution < -0.4 is 16.2 Å². The molecule has 46 heavy (non-hydrogen) atoms. The van der Waals surface area contributed by atoms with E-state index in [0.717, 1.165) is 50.4 Å². The highest BCUT2D eigenvalue weighted by Crippen LogP contribution is 2.34. The molecule has 12 heteroatoms. The SMILES string of the molecule is CN1C[C@H](Nc2cnn(C)c(=O)c2Br)C[C@H](c2ccc(CN3CC(c4ccc5c(c4)CN(C4CCC(=O)NC4=O)C5=O)C3)cc2)C1. The number of aromatic nitrogens is 2. The molecule has 3 amide bonds. The number of hydrogen-bond acceptors (Lipinski definition) is 8. The van der Waals surface area contributed by atoms with E-state index in [2.05, 4.69) is 84.9 Å². The summed E-state index contributed by atoms with van der Waals surface area (Å²) in [5.74, 6) is 0.00958. The molecule has 1 unspecified atom stereocenters. The number of aryl methyl sites for hydroxylation is 1. The summed E-state index contributed by atoms with van der Waals surface area (Å²) >= 11 is 3.43. The number of amides is 3. The van der Waals surface area contributed by atoms with Crippen molar-refractivity contribution in [3.05, 3.63) is 91.3 Å². The number of carbonyl (C=O) groups is 3. The number of halogens is 1. The number of nitrogens with zero attached hydrogens (tertiary/aromatic N) is 5. The predicted octanol–water partition coefficient (Wildman–Crippen LogP) is 2.80. The maximum absolute atomic E-state index is 13.0. The van der Waals surface area contributed by atoms with Gasteiger partial charge in [-0.05, 0) is 70.1 Å². The molecule has 3 atom stereocenters. The fourth-order valence-corrected chi connectivity index (χ4v) is 7.88. The number of rotatable bonds is 7. The molecule has 2 aromatic carbocycles. The van der Waals surface area contributed by atoms with Gasteiger partial charge < -0.3 is 15.1 Å². The summed E-state index contributed by atoms with van der Waals surface area (Å²) in [6, 6.07) is 14.7. The summed E-state index contributed by atoms with van der Waals surface area (Å²) in [7, 11) is 3.78. The molecule has 11 nitrogen and oxygen atoms in total. The van der Waals surface area contributed by atoms with Gasteiger partial charge in [0, 0.05) is 70.3 Å². The van der Waals surface area contributed by atoms with Gasteiger partial charge in [-0.2, -0.15) is 5.10 Å². The van der Waals surface area contributed by atoms with Gasteiger partial charge in [0.25, 0.3) is 11.5 Å². The van der Waals surface area contributed by atoms with Crippen molar-refractivity contribution in [3.63, 3.8) is 0 Å². The number of carbonyl (C=O) groups excluding carboxylic acids is 3. The molecule has 0 bridgehead atoms. The van der Waals surface area contributed by atoms with E-state index in [-0.39, 0.29) is 35.7 Å². The quantitative estimate of drug-likeness (QED) is 0.364. The van der Waals surface area contributed by atoms with E-state index in [0.29, 0.717) is 34.8 Å². The normalized spacial score (nSPS) is 24.1. The summed E-state index contributed by atoms with van der Waals surface area (Å²) in [6.45, 7) is 5.09. The molecule has 1 aromatic heterocycles. The third-order valence-electron chi connectivity index (χ3n) is 9.90. The summed E-state index contributed by atoms with van der Waals surface area (Å²) in [4.78, 5) is 55.7. The van der Waals surface area contributed by atoms with Crippen LogP contribution in [0.2, 0.25) is 0 Å². The number of anilines is 1. The second kappa shape index (κ2) is 12.4. The van der Waals surface area contributed by atoms with E-state index >= 15 is 0 Å². The number of benzene rings is 2. The van der Waals surface area contributed by atoms with Gasteiger partial charge in [-0.3, -0.25) is 29.4 Å². The first-order valence-corrected chi connectivity index (χ1v) is 16.7. The van der Waals surface area contributed by atoms with Crippen molar-refractivity contribution in [2.45, 2.75) is 56.3 Å². The van der Waals surface area contributed by atoms with Gasteiger partial charge in [-0.25, -0.2) is 4.68 Å². The first-order chi connectivity index (χ1) is 22.1.